The van der Waals surface area contributed by atoms with Crippen LogP contribution in [0.15, 0.2) is 30.3 Å². The minimum absolute atomic E-state index is 0.126. The van der Waals surface area contributed by atoms with Crippen LogP contribution in [0.1, 0.15) is 37.7 Å². The fourth-order valence-electron chi connectivity index (χ4n) is 2.18. The fourth-order valence-corrected chi connectivity index (χ4v) is 2.92. The Balaban J connectivity index is 1.70. The normalized spacial score (nSPS) is 16.7. The first-order chi connectivity index (χ1) is 8.34. The second-order valence-electron chi connectivity index (χ2n) is 4.54. The van der Waals surface area contributed by atoms with Gasteiger partial charge in [0.2, 0.25) is 0 Å². The molecule has 0 aliphatic heterocycles. The van der Waals surface area contributed by atoms with E-state index in [9.17, 15) is 4.79 Å². The van der Waals surface area contributed by atoms with Gasteiger partial charge in [-0.25, -0.2) is 0 Å². The van der Waals surface area contributed by atoms with Gasteiger partial charge >= 0.3 is 0 Å². The van der Waals surface area contributed by atoms with Gasteiger partial charge < -0.3 is 5.32 Å². The number of amides is 1. The molecule has 2 rings (SSSR count). The van der Waals surface area contributed by atoms with Gasteiger partial charge in [0.1, 0.15) is 0 Å². The molecule has 1 aliphatic carbocycles. The Hall–Kier alpha value is -0.960. The Bertz CT molecular complexity index is 346. The van der Waals surface area contributed by atoms with Crippen LogP contribution in [0.25, 0.3) is 0 Å². The van der Waals surface area contributed by atoms with Crippen molar-refractivity contribution in [3.8, 4) is 0 Å². The summed E-state index contributed by atoms with van der Waals surface area (Å²) in [5, 5.41) is 3.24. The molecule has 1 N–H and O–H groups in total. The van der Waals surface area contributed by atoms with Crippen molar-refractivity contribution in [1.29, 1.82) is 0 Å². The van der Waals surface area contributed by atoms with Crippen LogP contribution in [0.5, 0.6) is 0 Å². The van der Waals surface area contributed by atoms with Crippen LogP contribution < -0.4 is 5.32 Å². The van der Waals surface area contributed by atoms with Crippen LogP contribution in [0.2, 0.25) is 0 Å². The smallest absolute Gasteiger partial charge is 0.279 e. The summed E-state index contributed by atoms with van der Waals surface area (Å²) in [7, 11) is 0. The molecule has 0 spiro atoms. The Morgan fingerprint density at radius 2 is 1.88 bits per heavy atom. The van der Waals surface area contributed by atoms with Gasteiger partial charge in [-0.15, -0.1) is 0 Å². The molecule has 1 aromatic carbocycles. The summed E-state index contributed by atoms with van der Waals surface area (Å²) in [6, 6.07) is 10.5. The Morgan fingerprint density at radius 3 is 2.59 bits per heavy atom. The van der Waals surface area contributed by atoms with E-state index in [2.05, 4.69) is 17.4 Å². The van der Waals surface area contributed by atoms with E-state index in [1.54, 1.807) is 0 Å². The van der Waals surface area contributed by atoms with E-state index in [-0.39, 0.29) is 5.24 Å². The molecule has 0 heterocycles. The predicted octanol–water partition coefficient (Wildman–Crippen LogP) is 3.96. The lowest BCUT2D eigenvalue weighted by atomic mass is 9.96. The molecule has 0 unspecified atom stereocenters. The van der Waals surface area contributed by atoms with Gasteiger partial charge in [-0.3, -0.25) is 4.79 Å². The van der Waals surface area contributed by atoms with Gasteiger partial charge in [0.15, 0.2) is 0 Å². The van der Waals surface area contributed by atoms with Gasteiger partial charge in [-0.05, 0) is 18.4 Å². The monoisotopic (exact) mass is 249 g/mol. The topological polar surface area (TPSA) is 29.1 Å². The lowest BCUT2D eigenvalue weighted by Crippen LogP contribution is -2.33. The van der Waals surface area contributed by atoms with E-state index in [0.29, 0.717) is 6.04 Å². The molecule has 0 atom stereocenters. The van der Waals surface area contributed by atoms with Crippen molar-refractivity contribution >= 4 is 17.0 Å². The SMILES string of the molecule is O=C(NC1CCCCC1)SCc1ccccc1. The van der Waals surface area contributed by atoms with Gasteiger partial charge in [0.05, 0.1) is 0 Å². The molecule has 1 saturated carbocycles. The zero-order chi connectivity index (χ0) is 11.9. The summed E-state index contributed by atoms with van der Waals surface area (Å²) in [6.07, 6.45) is 6.14. The Kier molecular flexibility index (Phi) is 4.92. The summed E-state index contributed by atoms with van der Waals surface area (Å²) in [4.78, 5) is 11.7. The number of hydrogen-bond acceptors (Lipinski definition) is 2. The first-order valence-electron chi connectivity index (χ1n) is 6.32. The molecule has 3 heteroatoms. The minimum Gasteiger partial charge on any atom is -0.344 e. The maximum absolute atomic E-state index is 11.7. The van der Waals surface area contributed by atoms with Crippen molar-refractivity contribution < 1.29 is 4.79 Å². The van der Waals surface area contributed by atoms with Gasteiger partial charge in [0, 0.05) is 11.8 Å². The van der Waals surface area contributed by atoms with Crippen molar-refractivity contribution in [2.45, 2.75) is 43.9 Å². The van der Waals surface area contributed by atoms with E-state index >= 15 is 0 Å². The largest absolute Gasteiger partial charge is 0.344 e. The lowest BCUT2D eigenvalue weighted by Gasteiger charge is -2.22. The third-order valence-corrected chi connectivity index (χ3v) is 4.00. The number of rotatable bonds is 3. The van der Waals surface area contributed by atoms with Crippen LogP contribution in [-0.2, 0) is 5.75 Å². The van der Waals surface area contributed by atoms with Crippen LogP contribution in [0, 0.1) is 0 Å². The number of hydrogen-bond donors (Lipinski definition) is 1. The summed E-state index contributed by atoms with van der Waals surface area (Å²) in [6.45, 7) is 0. The second kappa shape index (κ2) is 6.70. The number of carbonyl (C=O) groups is 1. The molecular formula is C14H19NOS. The highest BCUT2D eigenvalue weighted by molar-refractivity contribution is 8.12. The van der Waals surface area contributed by atoms with Crippen LogP contribution in [0.4, 0.5) is 4.79 Å². The summed E-state index contributed by atoms with van der Waals surface area (Å²) >= 11 is 1.37. The molecule has 0 bridgehead atoms. The first kappa shape index (κ1) is 12.5. The van der Waals surface area contributed by atoms with E-state index in [0.717, 1.165) is 18.6 Å². The number of benzene rings is 1. The second-order valence-corrected chi connectivity index (χ2v) is 5.49. The molecular weight excluding hydrogens is 230 g/mol. The van der Waals surface area contributed by atoms with Crippen LogP contribution in [-0.4, -0.2) is 11.3 Å². The highest BCUT2D eigenvalue weighted by atomic mass is 32.2. The van der Waals surface area contributed by atoms with E-state index < -0.39 is 0 Å². The van der Waals surface area contributed by atoms with Crippen molar-refractivity contribution in [2.75, 3.05) is 0 Å². The van der Waals surface area contributed by atoms with Crippen LogP contribution >= 0.6 is 11.8 Å². The van der Waals surface area contributed by atoms with Gasteiger partial charge in [0.25, 0.3) is 5.24 Å². The molecule has 92 valence electrons. The standard InChI is InChI=1S/C14H19NOS/c16-14(15-13-9-5-2-6-10-13)17-11-12-7-3-1-4-8-12/h1,3-4,7-8,13H,2,5-6,9-11H2,(H,15,16). The third kappa shape index (κ3) is 4.43. The first-order valence-corrected chi connectivity index (χ1v) is 7.30. The molecule has 1 amide bonds. The van der Waals surface area contributed by atoms with E-state index in [4.69, 9.17) is 0 Å². The number of thioether (sulfide) groups is 1. The maximum atomic E-state index is 11.7. The fraction of sp³-hybridized carbons (Fsp3) is 0.500. The van der Waals surface area contributed by atoms with E-state index in [1.165, 1.54) is 36.6 Å². The van der Waals surface area contributed by atoms with Crippen molar-refractivity contribution in [3.05, 3.63) is 35.9 Å². The zero-order valence-electron chi connectivity index (χ0n) is 10.0. The summed E-state index contributed by atoms with van der Waals surface area (Å²) < 4.78 is 0. The molecule has 0 saturated heterocycles. The minimum atomic E-state index is 0.126. The van der Waals surface area contributed by atoms with Crippen LogP contribution in [0.3, 0.4) is 0 Å². The molecule has 1 aromatic rings. The molecule has 0 aromatic heterocycles. The molecule has 1 aliphatic rings. The predicted molar refractivity (Wildman–Crippen MR) is 73.1 cm³/mol. The lowest BCUT2D eigenvalue weighted by molar-refractivity contribution is 0.253. The Morgan fingerprint density at radius 1 is 1.18 bits per heavy atom. The molecule has 2 nitrogen and oxygen atoms in total. The van der Waals surface area contributed by atoms with Crippen molar-refractivity contribution in [1.82, 2.24) is 5.32 Å². The molecule has 0 radical (unpaired) electrons. The molecule has 17 heavy (non-hydrogen) atoms. The summed E-state index contributed by atoms with van der Waals surface area (Å²) in [5.41, 5.74) is 1.20. The highest BCUT2D eigenvalue weighted by Gasteiger charge is 2.15. The number of nitrogens with one attached hydrogen (secondary N) is 1. The molecule has 1 fully saturated rings. The maximum Gasteiger partial charge on any atom is 0.279 e. The summed E-state index contributed by atoms with van der Waals surface area (Å²) in [5.74, 6) is 0.763. The zero-order valence-corrected chi connectivity index (χ0v) is 10.8. The average molecular weight is 249 g/mol. The van der Waals surface area contributed by atoms with Crippen molar-refractivity contribution in [3.63, 3.8) is 0 Å². The van der Waals surface area contributed by atoms with Gasteiger partial charge in [-0.1, -0.05) is 61.4 Å². The Labute approximate surface area is 107 Å². The van der Waals surface area contributed by atoms with Gasteiger partial charge in [-0.2, -0.15) is 0 Å². The third-order valence-electron chi connectivity index (χ3n) is 3.14. The quantitative estimate of drug-likeness (QED) is 0.878. The number of carbonyl (C=O) groups excluding carboxylic acids is 1. The van der Waals surface area contributed by atoms with Crippen molar-refractivity contribution in [2.24, 2.45) is 0 Å². The van der Waals surface area contributed by atoms with E-state index in [1.807, 2.05) is 18.2 Å². The highest BCUT2D eigenvalue weighted by Crippen LogP contribution is 2.19. The average Bonchev–Trinajstić information content (AvgIpc) is 2.39.